The van der Waals surface area contributed by atoms with Gasteiger partial charge >= 0.3 is 0 Å². The Morgan fingerprint density at radius 3 is 2.67 bits per heavy atom. The average molecular weight is 228 g/mol. The molecular weight excluding hydrogens is 210 g/mol. The van der Waals surface area contributed by atoms with Crippen LogP contribution < -0.4 is 5.32 Å². The van der Waals surface area contributed by atoms with Gasteiger partial charge in [0.25, 0.3) is 0 Å². The molecule has 0 radical (unpaired) electrons. The van der Waals surface area contributed by atoms with Crippen molar-refractivity contribution in [2.45, 2.75) is 32.2 Å². The van der Waals surface area contributed by atoms with Crippen LogP contribution in [0.3, 0.4) is 0 Å². The molecule has 0 bridgehead atoms. The zero-order chi connectivity index (χ0) is 11.0. The third-order valence-corrected chi connectivity index (χ3v) is 3.73. The van der Waals surface area contributed by atoms with Crippen molar-refractivity contribution in [2.24, 2.45) is 13.0 Å². The second-order valence-corrected chi connectivity index (χ2v) is 4.78. The Labute approximate surface area is 95.8 Å². The lowest BCUT2D eigenvalue weighted by molar-refractivity contribution is 0.485. The minimum atomic E-state index is 0.553. The lowest BCUT2D eigenvalue weighted by Crippen LogP contribution is -2.30. The lowest BCUT2D eigenvalue weighted by Gasteiger charge is -2.15. The van der Waals surface area contributed by atoms with Crippen molar-refractivity contribution in [3.63, 3.8) is 0 Å². The number of aromatic nitrogens is 2. The fraction of sp³-hybridized carbons (Fsp3) is 0.727. The standard InChI is InChI=1S/C11H18ClN3/c1-7-11(12)10(15(3)14-7)6-9(13-2)8-4-5-8/h8-9,13H,4-6H2,1-3H3. The van der Waals surface area contributed by atoms with Gasteiger partial charge in [-0.2, -0.15) is 5.10 Å². The summed E-state index contributed by atoms with van der Waals surface area (Å²) in [6.45, 7) is 1.96. The number of nitrogens with zero attached hydrogens (tertiary/aromatic N) is 2. The van der Waals surface area contributed by atoms with E-state index in [2.05, 4.69) is 10.4 Å². The van der Waals surface area contributed by atoms with Gasteiger partial charge in [-0.25, -0.2) is 0 Å². The molecule has 0 aliphatic heterocycles. The maximum Gasteiger partial charge on any atom is 0.0847 e. The van der Waals surface area contributed by atoms with E-state index in [1.165, 1.54) is 12.8 Å². The summed E-state index contributed by atoms with van der Waals surface area (Å²) < 4.78 is 1.91. The molecule has 84 valence electrons. The molecule has 0 spiro atoms. The predicted octanol–water partition coefficient (Wildman–Crippen LogP) is 1.92. The SMILES string of the molecule is CNC(Cc1c(Cl)c(C)nn1C)C1CC1. The van der Waals surface area contributed by atoms with Gasteiger partial charge in [0, 0.05) is 19.5 Å². The first kappa shape index (κ1) is 11.0. The molecule has 1 aliphatic rings. The van der Waals surface area contributed by atoms with Crippen LogP contribution in [0.15, 0.2) is 0 Å². The maximum atomic E-state index is 6.23. The van der Waals surface area contributed by atoms with Crippen molar-refractivity contribution in [1.29, 1.82) is 0 Å². The lowest BCUT2D eigenvalue weighted by atomic mass is 10.1. The summed E-state index contributed by atoms with van der Waals surface area (Å²) in [5.74, 6) is 0.835. The first-order chi connectivity index (χ1) is 7.13. The van der Waals surface area contributed by atoms with Crippen molar-refractivity contribution < 1.29 is 0 Å². The number of hydrogen-bond donors (Lipinski definition) is 1. The molecule has 0 saturated heterocycles. The van der Waals surface area contributed by atoms with Gasteiger partial charge in [0.2, 0.25) is 0 Å². The molecule has 1 aromatic rings. The van der Waals surface area contributed by atoms with Crippen LogP contribution in [0.4, 0.5) is 0 Å². The van der Waals surface area contributed by atoms with Gasteiger partial charge in [0.05, 0.1) is 16.4 Å². The minimum absolute atomic E-state index is 0.553. The Hall–Kier alpha value is -0.540. The highest BCUT2D eigenvalue weighted by atomic mass is 35.5. The van der Waals surface area contributed by atoms with Gasteiger partial charge in [0.1, 0.15) is 0 Å². The van der Waals surface area contributed by atoms with E-state index in [9.17, 15) is 0 Å². The summed E-state index contributed by atoms with van der Waals surface area (Å²) in [4.78, 5) is 0. The molecule has 1 fully saturated rings. The van der Waals surface area contributed by atoms with Crippen molar-refractivity contribution in [3.05, 3.63) is 16.4 Å². The molecule has 4 heteroatoms. The van der Waals surface area contributed by atoms with Crippen molar-refractivity contribution in [2.75, 3.05) is 7.05 Å². The number of likely N-dealkylation sites (N-methyl/N-ethyl adjacent to an activating group) is 1. The molecule has 1 unspecified atom stereocenters. The third-order valence-electron chi connectivity index (χ3n) is 3.24. The molecule has 0 aromatic carbocycles. The molecule has 1 saturated carbocycles. The first-order valence-electron chi connectivity index (χ1n) is 5.48. The molecule has 0 amide bonds. The molecule has 15 heavy (non-hydrogen) atoms. The van der Waals surface area contributed by atoms with Crippen LogP contribution in [0.1, 0.15) is 24.2 Å². The second-order valence-electron chi connectivity index (χ2n) is 4.41. The highest BCUT2D eigenvalue weighted by Crippen LogP contribution is 2.35. The predicted molar refractivity (Wildman–Crippen MR) is 62.2 cm³/mol. The number of hydrogen-bond acceptors (Lipinski definition) is 2. The number of rotatable bonds is 4. The monoisotopic (exact) mass is 227 g/mol. The molecule has 1 heterocycles. The fourth-order valence-corrected chi connectivity index (χ4v) is 2.35. The molecule has 1 aromatic heterocycles. The highest BCUT2D eigenvalue weighted by molar-refractivity contribution is 6.31. The zero-order valence-corrected chi connectivity index (χ0v) is 10.3. The van der Waals surface area contributed by atoms with Crippen molar-refractivity contribution in [1.82, 2.24) is 15.1 Å². The smallest absolute Gasteiger partial charge is 0.0847 e. The Morgan fingerprint density at radius 2 is 2.27 bits per heavy atom. The molecule has 1 atom stereocenters. The maximum absolute atomic E-state index is 6.23. The van der Waals surface area contributed by atoms with Gasteiger partial charge in [-0.15, -0.1) is 0 Å². The van der Waals surface area contributed by atoms with Gasteiger partial charge < -0.3 is 5.32 Å². The quantitative estimate of drug-likeness (QED) is 0.852. The van der Waals surface area contributed by atoms with Crippen LogP contribution >= 0.6 is 11.6 Å². The molecule has 3 nitrogen and oxygen atoms in total. The second kappa shape index (κ2) is 4.14. The van der Waals surface area contributed by atoms with E-state index in [1.807, 2.05) is 25.7 Å². The zero-order valence-electron chi connectivity index (χ0n) is 9.55. The van der Waals surface area contributed by atoms with Crippen LogP contribution in [0.5, 0.6) is 0 Å². The van der Waals surface area contributed by atoms with Crippen LogP contribution in [0, 0.1) is 12.8 Å². The summed E-state index contributed by atoms with van der Waals surface area (Å²) in [7, 11) is 3.99. The van der Waals surface area contributed by atoms with E-state index in [0.29, 0.717) is 6.04 Å². The molecular formula is C11H18ClN3. The van der Waals surface area contributed by atoms with Crippen LogP contribution in [-0.2, 0) is 13.5 Å². The average Bonchev–Trinajstić information content (AvgIpc) is 2.98. The molecule has 1 aliphatic carbocycles. The van der Waals surface area contributed by atoms with Gasteiger partial charge in [-0.1, -0.05) is 11.6 Å². The summed E-state index contributed by atoms with van der Waals surface area (Å²) in [5.41, 5.74) is 2.08. The Kier molecular flexibility index (Phi) is 3.03. The summed E-state index contributed by atoms with van der Waals surface area (Å²) in [5, 5.41) is 8.54. The first-order valence-corrected chi connectivity index (χ1v) is 5.86. The molecule has 1 N–H and O–H groups in total. The fourth-order valence-electron chi connectivity index (χ4n) is 2.11. The van der Waals surface area contributed by atoms with Gasteiger partial charge in [0.15, 0.2) is 0 Å². The summed E-state index contributed by atoms with van der Waals surface area (Å²) >= 11 is 6.23. The Morgan fingerprint density at radius 1 is 1.60 bits per heavy atom. The Bertz CT molecular complexity index is 355. The van der Waals surface area contributed by atoms with E-state index in [0.717, 1.165) is 28.7 Å². The third kappa shape index (κ3) is 2.18. The normalized spacial score (nSPS) is 18.1. The van der Waals surface area contributed by atoms with Crippen LogP contribution in [0.2, 0.25) is 5.02 Å². The Balaban J connectivity index is 2.14. The summed E-state index contributed by atoms with van der Waals surface area (Å²) in [6.07, 6.45) is 3.68. The van der Waals surface area contributed by atoms with E-state index in [4.69, 9.17) is 11.6 Å². The van der Waals surface area contributed by atoms with Gasteiger partial charge in [-0.05, 0) is 32.7 Å². The number of aryl methyl sites for hydroxylation is 2. The van der Waals surface area contributed by atoms with E-state index in [-0.39, 0.29) is 0 Å². The van der Waals surface area contributed by atoms with Crippen molar-refractivity contribution in [3.8, 4) is 0 Å². The van der Waals surface area contributed by atoms with E-state index in [1.54, 1.807) is 0 Å². The van der Waals surface area contributed by atoms with Crippen LogP contribution in [0.25, 0.3) is 0 Å². The highest BCUT2D eigenvalue weighted by Gasteiger charge is 2.31. The number of nitrogens with one attached hydrogen (secondary N) is 1. The van der Waals surface area contributed by atoms with Gasteiger partial charge in [-0.3, -0.25) is 4.68 Å². The summed E-state index contributed by atoms with van der Waals surface area (Å²) in [6, 6.07) is 0.553. The van der Waals surface area contributed by atoms with E-state index >= 15 is 0 Å². The molecule has 2 rings (SSSR count). The largest absolute Gasteiger partial charge is 0.316 e. The van der Waals surface area contributed by atoms with E-state index < -0.39 is 0 Å². The minimum Gasteiger partial charge on any atom is -0.316 e. The topological polar surface area (TPSA) is 29.9 Å². The number of halogens is 1. The van der Waals surface area contributed by atoms with Crippen molar-refractivity contribution >= 4 is 11.6 Å². The van der Waals surface area contributed by atoms with Crippen LogP contribution in [-0.4, -0.2) is 22.9 Å².